The van der Waals surface area contributed by atoms with Gasteiger partial charge in [0.15, 0.2) is 11.5 Å². The zero-order valence-electron chi connectivity index (χ0n) is 16.8. The number of imidazole rings is 1. The molecule has 4 aromatic heterocycles. The van der Waals surface area contributed by atoms with Crippen molar-refractivity contribution in [2.24, 2.45) is 0 Å². The molecule has 6 rings (SSSR count). The van der Waals surface area contributed by atoms with E-state index in [9.17, 15) is 4.79 Å². The van der Waals surface area contributed by atoms with Crippen LogP contribution in [-0.4, -0.2) is 35.8 Å². The summed E-state index contributed by atoms with van der Waals surface area (Å²) in [5, 5.41) is 9.72. The fraction of sp³-hybridized carbons (Fsp3) is 0. The first-order chi connectivity index (χ1) is 15.8. The molecule has 6 aromatic rings. The van der Waals surface area contributed by atoms with Crippen molar-refractivity contribution in [1.82, 2.24) is 29.5 Å². The highest BCUT2D eigenvalue weighted by atomic mass is 16.1. The third-order valence-corrected chi connectivity index (χ3v) is 5.51. The van der Waals surface area contributed by atoms with Crippen LogP contribution in [0.1, 0.15) is 10.4 Å². The van der Waals surface area contributed by atoms with Gasteiger partial charge in [0.25, 0.3) is 0 Å². The van der Waals surface area contributed by atoms with Crippen molar-refractivity contribution in [2.45, 2.75) is 0 Å². The van der Waals surface area contributed by atoms with Crippen LogP contribution < -0.4 is 0 Å². The first-order valence-corrected chi connectivity index (χ1v) is 10.1. The molecule has 32 heavy (non-hydrogen) atoms. The third kappa shape index (κ3) is 2.87. The molecule has 0 atom stereocenters. The van der Waals surface area contributed by atoms with Crippen molar-refractivity contribution >= 4 is 22.8 Å². The maximum atomic E-state index is 11.1. The summed E-state index contributed by atoms with van der Waals surface area (Å²) in [5.74, 6) is 0.689. The van der Waals surface area contributed by atoms with Crippen molar-refractivity contribution < 1.29 is 4.79 Å². The molecule has 7 heteroatoms. The Bertz CT molecular complexity index is 1570. The van der Waals surface area contributed by atoms with Crippen LogP contribution in [0.25, 0.3) is 50.5 Å². The number of carbonyl (C=O) groups excluding carboxylic acids is 1. The van der Waals surface area contributed by atoms with E-state index >= 15 is 0 Å². The lowest BCUT2D eigenvalue weighted by molar-refractivity contribution is 0.112. The van der Waals surface area contributed by atoms with E-state index in [-0.39, 0.29) is 0 Å². The predicted molar refractivity (Wildman–Crippen MR) is 122 cm³/mol. The number of pyridine rings is 2. The van der Waals surface area contributed by atoms with Crippen molar-refractivity contribution in [2.75, 3.05) is 0 Å². The zero-order chi connectivity index (χ0) is 21.5. The van der Waals surface area contributed by atoms with E-state index in [0.29, 0.717) is 11.4 Å². The second-order valence-corrected chi connectivity index (χ2v) is 7.42. The Morgan fingerprint density at radius 1 is 0.906 bits per heavy atom. The highest BCUT2D eigenvalue weighted by molar-refractivity contribution is 5.98. The topological polar surface area (TPSA) is 88.8 Å². The zero-order valence-corrected chi connectivity index (χ0v) is 16.8. The van der Waals surface area contributed by atoms with E-state index in [2.05, 4.69) is 38.4 Å². The van der Waals surface area contributed by atoms with Gasteiger partial charge in [-0.2, -0.15) is 0 Å². The van der Waals surface area contributed by atoms with Gasteiger partial charge in [0.05, 0.1) is 23.7 Å². The van der Waals surface area contributed by atoms with Crippen molar-refractivity contribution in [3.8, 4) is 33.9 Å². The van der Waals surface area contributed by atoms with E-state index in [1.54, 1.807) is 24.7 Å². The largest absolute Gasteiger partial charge is 0.342 e. The number of H-pyrrole nitrogens is 1. The summed E-state index contributed by atoms with van der Waals surface area (Å²) in [6, 6.07) is 21.7. The van der Waals surface area contributed by atoms with Gasteiger partial charge in [-0.15, -0.1) is 10.2 Å². The van der Waals surface area contributed by atoms with Crippen molar-refractivity contribution in [1.29, 1.82) is 0 Å². The minimum absolute atomic E-state index is 0.632. The van der Waals surface area contributed by atoms with Gasteiger partial charge in [-0.1, -0.05) is 54.6 Å². The molecule has 0 spiro atoms. The molecule has 0 radical (unpaired) electrons. The van der Waals surface area contributed by atoms with Crippen LogP contribution in [0.3, 0.4) is 0 Å². The van der Waals surface area contributed by atoms with Crippen LogP contribution in [0, 0.1) is 0 Å². The third-order valence-electron chi connectivity index (χ3n) is 5.51. The first kappa shape index (κ1) is 18.1. The summed E-state index contributed by atoms with van der Waals surface area (Å²) in [4.78, 5) is 23.3. The fourth-order valence-corrected chi connectivity index (χ4v) is 3.93. The summed E-state index contributed by atoms with van der Waals surface area (Å²) in [7, 11) is 0. The Labute approximate surface area is 182 Å². The lowest BCUT2D eigenvalue weighted by Gasteiger charge is -2.12. The number of nitrogens with zero attached hydrogens (tertiary/aromatic N) is 5. The number of hydrogen-bond acceptors (Lipinski definition) is 5. The molecule has 2 aromatic carbocycles. The van der Waals surface area contributed by atoms with E-state index < -0.39 is 0 Å². The lowest BCUT2D eigenvalue weighted by atomic mass is 9.97. The number of carbonyl (C=O) groups is 1. The molecule has 4 heterocycles. The molecule has 152 valence electrons. The monoisotopic (exact) mass is 416 g/mol. The molecule has 7 nitrogen and oxygen atoms in total. The maximum absolute atomic E-state index is 11.1. The van der Waals surface area contributed by atoms with Gasteiger partial charge in [-0.25, -0.2) is 9.97 Å². The summed E-state index contributed by atoms with van der Waals surface area (Å²) in [6.07, 6.45) is 6.10. The van der Waals surface area contributed by atoms with Crippen LogP contribution >= 0.6 is 0 Å². The number of aromatic nitrogens is 6. The minimum atomic E-state index is 0.632. The normalized spacial score (nSPS) is 11.2. The number of aromatic amines is 1. The Morgan fingerprint density at radius 3 is 2.50 bits per heavy atom. The van der Waals surface area contributed by atoms with E-state index in [0.717, 1.165) is 50.9 Å². The number of benzene rings is 2. The molecule has 0 bridgehead atoms. The molecule has 0 amide bonds. The number of fused-ring (bicyclic) bond motifs is 3. The summed E-state index contributed by atoms with van der Waals surface area (Å²) >= 11 is 0. The second-order valence-electron chi connectivity index (χ2n) is 7.42. The smallest absolute Gasteiger partial charge is 0.186 e. The predicted octanol–water partition coefficient (Wildman–Crippen LogP) is 4.81. The number of hydrogen-bond donors (Lipinski definition) is 1. The Kier molecular flexibility index (Phi) is 4.11. The molecule has 0 unspecified atom stereocenters. The Morgan fingerprint density at radius 2 is 1.75 bits per heavy atom. The molecule has 1 N–H and O–H groups in total. The van der Waals surface area contributed by atoms with Gasteiger partial charge in [0, 0.05) is 28.3 Å². The fourth-order valence-electron chi connectivity index (χ4n) is 3.93. The quantitative estimate of drug-likeness (QED) is 0.417. The van der Waals surface area contributed by atoms with E-state index in [1.807, 2.05) is 47.0 Å². The average molecular weight is 416 g/mol. The first-order valence-electron chi connectivity index (χ1n) is 10.1. The van der Waals surface area contributed by atoms with Crippen molar-refractivity contribution in [3.05, 3.63) is 91.0 Å². The van der Waals surface area contributed by atoms with Gasteiger partial charge >= 0.3 is 0 Å². The highest BCUT2D eigenvalue weighted by Crippen LogP contribution is 2.35. The van der Waals surface area contributed by atoms with Gasteiger partial charge in [0.1, 0.15) is 12.0 Å². The van der Waals surface area contributed by atoms with E-state index in [1.165, 1.54) is 0 Å². The number of nitrogens with one attached hydrogen (secondary N) is 1. The minimum Gasteiger partial charge on any atom is -0.342 e. The van der Waals surface area contributed by atoms with Crippen LogP contribution in [0.4, 0.5) is 0 Å². The van der Waals surface area contributed by atoms with Crippen molar-refractivity contribution in [3.63, 3.8) is 0 Å². The van der Waals surface area contributed by atoms with Gasteiger partial charge in [-0.3, -0.25) is 9.20 Å². The standard InChI is InChI=1S/C25H16N6O/c32-14-16-6-8-18(9-7-16)23-19(17-4-2-1-3-5-17)12-20-21(28-23)10-11-31-24(20)29-30-25(31)22-13-26-15-27-22/h1-15H,(H,26,27). The molecule has 0 saturated carbocycles. The summed E-state index contributed by atoms with van der Waals surface area (Å²) in [5.41, 5.74) is 6.78. The molecule has 0 aliphatic heterocycles. The van der Waals surface area contributed by atoms with Gasteiger partial charge in [-0.05, 0) is 17.7 Å². The highest BCUT2D eigenvalue weighted by Gasteiger charge is 2.16. The van der Waals surface area contributed by atoms with Crippen LogP contribution in [-0.2, 0) is 0 Å². The van der Waals surface area contributed by atoms with Crippen LogP contribution in [0.2, 0.25) is 0 Å². The average Bonchev–Trinajstić information content (AvgIpc) is 3.54. The van der Waals surface area contributed by atoms with Gasteiger partial charge in [0.2, 0.25) is 0 Å². The number of rotatable bonds is 4. The van der Waals surface area contributed by atoms with E-state index in [4.69, 9.17) is 4.98 Å². The van der Waals surface area contributed by atoms with Crippen LogP contribution in [0.15, 0.2) is 85.5 Å². The molecular formula is C25H16N6O. The lowest BCUT2D eigenvalue weighted by Crippen LogP contribution is -1.95. The number of aldehydes is 1. The Hall–Kier alpha value is -4.65. The summed E-state index contributed by atoms with van der Waals surface area (Å²) < 4.78 is 1.94. The molecule has 0 saturated heterocycles. The molecule has 0 fully saturated rings. The van der Waals surface area contributed by atoms with Gasteiger partial charge < -0.3 is 4.98 Å². The van der Waals surface area contributed by atoms with Crippen LogP contribution in [0.5, 0.6) is 0 Å². The maximum Gasteiger partial charge on any atom is 0.186 e. The second kappa shape index (κ2) is 7.24. The Balaban J connectivity index is 1.63. The molecule has 0 aliphatic carbocycles. The summed E-state index contributed by atoms with van der Waals surface area (Å²) in [6.45, 7) is 0. The molecular weight excluding hydrogens is 400 g/mol. The molecule has 0 aliphatic rings. The SMILES string of the molecule is O=Cc1ccc(-c2nc3ccn4c(-c5cnc[nH]5)nnc4c3cc2-c2ccccc2)cc1.